The lowest BCUT2D eigenvalue weighted by Crippen LogP contribution is -2.39. The van der Waals surface area contributed by atoms with Gasteiger partial charge in [-0.1, -0.05) is 6.92 Å². The number of carbonyl (C=O) groups is 6. The van der Waals surface area contributed by atoms with Gasteiger partial charge in [0.05, 0.1) is 69.4 Å². The summed E-state index contributed by atoms with van der Waals surface area (Å²) in [5.74, 6) is -2.77. The van der Waals surface area contributed by atoms with Crippen LogP contribution in [0.15, 0.2) is 36.4 Å². The molecule has 0 unspecified atom stereocenters. The fourth-order valence-corrected chi connectivity index (χ4v) is 5.06. The van der Waals surface area contributed by atoms with Gasteiger partial charge < -0.3 is 56.8 Å². The number of rotatable bonds is 19. The summed E-state index contributed by atoms with van der Waals surface area (Å²) in [4.78, 5) is 104. The molecule has 63 heavy (non-hydrogen) atoms. The third-order valence-corrected chi connectivity index (χ3v) is 8.57. The van der Waals surface area contributed by atoms with Gasteiger partial charge in [-0.3, -0.25) is 0 Å². The first-order valence-electron chi connectivity index (χ1n) is 17.8. The van der Waals surface area contributed by atoms with Gasteiger partial charge in [-0.05, 0) is 6.42 Å². The summed E-state index contributed by atoms with van der Waals surface area (Å²) in [6.45, 7) is -0.865. The molecule has 344 valence electrons. The second-order valence-electron chi connectivity index (χ2n) is 12.1. The van der Waals surface area contributed by atoms with Crippen molar-refractivity contribution in [2.45, 2.75) is 13.3 Å². The number of carbonyl (C=O) groups excluding carboxylic acids is 6. The van der Waals surface area contributed by atoms with Crippen molar-refractivity contribution in [1.82, 2.24) is 0 Å². The molecule has 0 spiro atoms. The zero-order valence-corrected chi connectivity index (χ0v) is 35.6. The van der Waals surface area contributed by atoms with Crippen LogP contribution in [0.1, 0.15) is 44.4 Å². The van der Waals surface area contributed by atoms with Gasteiger partial charge in [0.25, 0.3) is 0 Å². The zero-order chi connectivity index (χ0) is 46.7. The highest BCUT2D eigenvalue weighted by Gasteiger charge is 2.36. The minimum absolute atomic E-state index is 0.0326. The van der Waals surface area contributed by atoms with E-state index in [1.54, 1.807) is 0 Å². The van der Waals surface area contributed by atoms with Crippen LogP contribution in [0.2, 0.25) is 0 Å². The molecular formula is C39H44O24. The molecule has 24 heteroatoms. The normalized spacial score (nSPS) is 10.4. The van der Waals surface area contributed by atoms with Crippen LogP contribution in [0, 0.1) is 5.41 Å². The molecule has 0 aliphatic heterocycles. The molecule has 0 atom stereocenters. The molecule has 0 aliphatic rings. The number of benzene rings is 3. The van der Waals surface area contributed by atoms with Crippen LogP contribution < -0.4 is 42.6 Å². The van der Waals surface area contributed by atoms with Gasteiger partial charge in [-0.25, -0.2) is 43.7 Å². The summed E-state index contributed by atoms with van der Waals surface area (Å²) in [6, 6.07) is 7.57. The van der Waals surface area contributed by atoms with Gasteiger partial charge in [-0.2, -0.15) is 14.4 Å². The Morgan fingerprint density at radius 1 is 0.349 bits per heavy atom. The molecule has 24 nitrogen and oxygen atoms in total. The Labute approximate surface area is 358 Å². The second-order valence-corrected chi connectivity index (χ2v) is 12.1. The standard InChI is InChI=1S/C39H44O24/c1-11-39(18-55-36(43)61-58-33(40)21-12-27(49-5)30(52-8)15-24(21)46-2,19-56-37(44)62-59-34(41)22-13-28(50-6)31(53-9)16-25(22)47-3)20-57-38(45)63-60-35(42)23-14-29(51-7)32(54-10)17-26(23)48-4/h12-17H,11,18-20H2,1-10H3. The van der Waals surface area contributed by atoms with E-state index in [0.29, 0.717) is 0 Å². The van der Waals surface area contributed by atoms with Crippen molar-refractivity contribution < 1.29 is 115 Å². The molecule has 3 aromatic carbocycles. The van der Waals surface area contributed by atoms with Gasteiger partial charge in [-0.15, -0.1) is 0 Å². The summed E-state index contributed by atoms with van der Waals surface area (Å²) in [6.07, 6.45) is -4.90. The SMILES string of the molecule is CCC(COC(=O)OOC(=O)c1cc(OC)c(OC)cc1OC)(COC(=O)OOC(=O)c1cc(OC)c(OC)cc1OC)COC(=O)OOC(=O)c1cc(OC)c(OC)cc1OC. The van der Waals surface area contributed by atoms with E-state index in [4.69, 9.17) is 56.8 Å². The third kappa shape index (κ3) is 13.0. The molecule has 0 aromatic heterocycles. The highest BCUT2D eigenvalue weighted by atomic mass is 17.2. The van der Waals surface area contributed by atoms with E-state index >= 15 is 0 Å². The van der Waals surface area contributed by atoms with Crippen molar-refractivity contribution in [1.29, 1.82) is 0 Å². The van der Waals surface area contributed by atoms with Crippen LogP contribution in [0.3, 0.4) is 0 Å². The minimum atomic E-state index is -1.68. The van der Waals surface area contributed by atoms with Crippen molar-refractivity contribution in [2.24, 2.45) is 5.41 Å². The van der Waals surface area contributed by atoms with Gasteiger partial charge in [0.1, 0.15) is 53.8 Å². The van der Waals surface area contributed by atoms with Crippen molar-refractivity contribution in [3.05, 3.63) is 53.1 Å². The van der Waals surface area contributed by atoms with E-state index in [2.05, 4.69) is 29.3 Å². The van der Waals surface area contributed by atoms with Crippen LogP contribution in [-0.4, -0.2) is 120 Å². The molecule has 0 amide bonds. The molecule has 0 fully saturated rings. The van der Waals surface area contributed by atoms with Crippen LogP contribution in [0.4, 0.5) is 14.4 Å². The fraction of sp³-hybridized carbons (Fsp3) is 0.385. The predicted octanol–water partition coefficient (Wildman–Crippen LogP) is 5.24. The molecular weight excluding hydrogens is 852 g/mol. The Kier molecular flexibility index (Phi) is 18.6. The Bertz CT molecular complexity index is 1870. The van der Waals surface area contributed by atoms with Crippen LogP contribution in [0.25, 0.3) is 0 Å². The molecule has 0 heterocycles. The van der Waals surface area contributed by atoms with Crippen LogP contribution in [0.5, 0.6) is 51.7 Å². The van der Waals surface area contributed by atoms with Crippen molar-refractivity contribution >= 4 is 36.4 Å². The fourth-order valence-electron chi connectivity index (χ4n) is 5.06. The van der Waals surface area contributed by atoms with E-state index in [1.165, 1.54) is 107 Å². The molecule has 0 bridgehead atoms. The van der Waals surface area contributed by atoms with E-state index in [0.717, 1.165) is 0 Å². The predicted molar refractivity (Wildman–Crippen MR) is 205 cm³/mol. The number of hydrogen-bond acceptors (Lipinski definition) is 24. The monoisotopic (exact) mass is 896 g/mol. The van der Waals surface area contributed by atoms with E-state index in [9.17, 15) is 28.8 Å². The molecule has 3 aromatic rings. The Morgan fingerprint density at radius 2 is 0.571 bits per heavy atom. The van der Waals surface area contributed by atoms with E-state index in [1.807, 2.05) is 0 Å². The van der Waals surface area contributed by atoms with Crippen molar-refractivity contribution in [2.75, 3.05) is 83.8 Å². The topological polar surface area (TPSA) is 269 Å². The molecule has 0 radical (unpaired) electrons. The van der Waals surface area contributed by atoms with Gasteiger partial charge in [0, 0.05) is 36.4 Å². The molecule has 3 rings (SSSR count). The molecule has 0 aliphatic carbocycles. The van der Waals surface area contributed by atoms with Crippen LogP contribution in [-0.2, 0) is 43.5 Å². The van der Waals surface area contributed by atoms with E-state index in [-0.39, 0.29) is 74.9 Å². The lowest BCUT2D eigenvalue weighted by atomic mass is 9.88. The minimum Gasteiger partial charge on any atom is -0.496 e. The van der Waals surface area contributed by atoms with Crippen molar-refractivity contribution in [3.63, 3.8) is 0 Å². The third-order valence-electron chi connectivity index (χ3n) is 8.57. The maximum Gasteiger partial charge on any atom is 0.549 e. The quantitative estimate of drug-likeness (QED) is 0.0644. The summed E-state index contributed by atoms with van der Waals surface area (Å²) in [5.41, 5.74) is -2.39. The summed E-state index contributed by atoms with van der Waals surface area (Å²) in [5, 5.41) is 0. The first kappa shape index (κ1) is 49.4. The smallest absolute Gasteiger partial charge is 0.496 e. The van der Waals surface area contributed by atoms with E-state index < -0.39 is 61.6 Å². The zero-order valence-electron chi connectivity index (χ0n) is 35.6. The highest BCUT2D eigenvalue weighted by molar-refractivity contribution is 5.95. The average Bonchev–Trinajstić information content (AvgIpc) is 3.32. The number of ether oxygens (including phenoxy) is 12. The number of methoxy groups -OCH3 is 9. The summed E-state index contributed by atoms with van der Waals surface area (Å²) in [7, 11) is 11.8. The summed E-state index contributed by atoms with van der Waals surface area (Å²) < 4.78 is 61.9. The Morgan fingerprint density at radius 3 is 0.778 bits per heavy atom. The first-order chi connectivity index (χ1) is 30.2. The largest absolute Gasteiger partial charge is 0.549 e. The second kappa shape index (κ2) is 23.8. The van der Waals surface area contributed by atoms with Crippen molar-refractivity contribution in [3.8, 4) is 51.7 Å². The highest BCUT2D eigenvalue weighted by Crippen LogP contribution is 2.37. The number of hydrogen-bond donors (Lipinski definition) is 0. The van der Waals surface area contributed by atoms with Gasteiger partial charge >= 0.3 is 36.4 Å². The molecule has 0 saturated carbocycles. The first-order valence-corrected chi connectivity index (χ1v) is 17.8. The van der Waals surface area contributed by atoms with Crippen LogP contribution >= 0.6 is 0 Å². The van der Waals surface area contributed by atoms with Gasteiger partial charge in [0.15, 0.2) is 34.5 Å². The summed E-state index contributed by atoms with van der Waals surface area (Å²) >= 11 is 0. The Hall–Kier alpha value is -7.92. The molecule has 0 saturated heterocycles. The molecule has 0 N–H and O–H groups in total. The lowest BCUT2D eigenvalue weighted by Gasteiger charge is -2.29. The lowest BCUT2D eigenvalue weighted by molar-refractivity contribution is -0.217. The maximum absolute atomic E-state index is 12.8. The Balaban J connectivity index is 1.74. The maximum atomic E-state index is 12.8. The van der Waals surface area contributed by atoms with Gasteiger partial charge in [0.2, 0.25) is 0 Å². The average molecular weight is 897 g/mol.